The lowest BCUT2D eigenvalue weighted by Gasteiger charge is -2.31. The number of likely N-dealkylation sites (tertiary alicyclic amines) is 1. The molecule has 1 fully saturated rings. The molecule has 4 heteroatoms. The van der Waals surface area contributed by atoms with Gasteiger partial charge >= 0.3 is 0 Å². The maximum absolute atomic E-state index is 12.7. The van der Waals surface area contributed by atoms with E-state index in [0.29, 0.717) is 12.3 Å². The fraction of sp³-hybridized carbons (Fsp3) is 0.429. The molecule has 0 unspecified atom stereocenters. The lowest BCUT2D eigenvalue weighted by atomic mass is 9.92. The minimum Gasteiger partial charge on any atom is -0.345 e. The Morgan fingerprint density at radius 1 is 1.12 bits per heavy atom. The van der Waals surface area contributed by atoms with Gasteiger partial charge in [0, 0.05) is 18.8 Å². The average Bonchev–Trinajstić information content (AvgIpc) is 2.68. The van der Waals surface area contributed by atoms with E-state index in [4.69, 9.17) is 0 Å². The van der Waals surface area contributed by atoms with Gasteiger partial charge in [-0.25, -0.2) is 0 Å². The van der Waals surface area contributed by atoms with Crippen molar-refractivity contribution < 1.29 is 4.79 Å². The largest absolute Gasteiger partial charge is 0.345 e. The van der Waals surface area contributed by atoms with Crippen molar-refractivity contribution >= 4 is 5.91 Å². The summed E-state index contributed by atoms with van der Waals surface area (Å²) in [5.74, 6) is 0.636. The number of pyridine rings is 1. The summed E-state index contributed by atoms with van der Waals surface area (Å²) in [6.45, 7) is 5.53. The average molecular weight is 337 g/mol. The molecule has 1 saturated heterocycles. The predicted octanol–water partition coefficient (Wildman–Crippen LogP) is 3.41. The second kappa shape index (κ2) is 8.77. The van der Waals surface area contributed by atoms with Crippen molar-refractivity contribution in [3.63, 3.8) is 0 Å². The summed E-state index contributed by atoms with van der Waals surface area (Å²) in [4.78, 5) is 19.2. The molecule has 3 rings (SSSR count). The van der Waals surface area contributed by atoms with Gasteiger partial charge < -0.3 is 10.2 Å². The molecule has 1 aromatic heterocycles. The molecule has 0 aliphatic carbocycles. The molecule has 1 N–H and O–H groups in total. The number of nitrogens with one attached hydrogen (secondary N) is 1. The quantitative estimate of drug-likeness (QED) is 0.878. The number of nitrogens with zero attached hydrogens (tertiary/aromatic N) is 2. The third kappa shape index (κ3) is 4.89. The molecule has 0 saturated carbocycles. The zero-order chi connectivity index (χ0) is 17.5. The van der Waals surface area contributed by atoms with Crippen LogP contribution in [0.3, 0.4) is 0 Å². The highest BCUT2D eigenvalue weighted by Crippen LogP contribution is 2.24. The summed E-state index contributed by atoms with van der Waals surface area (Å²) in [5, 5.41) is 3.24. The van der Waals surface area contributed by atoms with Crippen LogP contribution >= 0.6 is 0 Å². The van der Waals surface area contributed by atoms with Gasteiger partial charge in [0.2, 0.25) is 5.91 Å². The van der Waals surface area contributed by atoms with Crippen LogP contribution in [0.2, 0.25) is 0 Å². The van der Waals surface area contributed by atoms with Crippen molar-refractivity contribution in [3.8, 4) is 0 Å². The van der Waals surface area contributed by atoms with E-state index in [1.54, 1.807) is 12.4 Å². The molecule has 25 heavy (non-hydrogen) atoms. The minimum absolute atomic E-state index is 0.118. The van der Waals surface area contributed by atoms with Crippen molar-refractivity contribution in [2.24, 2.45) is 5.92 Å². The number of carbonyl (C=O) groups is 1. The number of hydrogen-bond acceptors (Lipinski definition) is 3. The smallest absolute Gasteiger partial charge is 0.221 e. The first-order chi connectivity index (χ1) is 12.3. The Hall–Kier alpha value is -2.20. The molecule has 1 aromatic carbocycles. The highest BCUT2D eigenvalue weighted by atomic mass is 16.1. The lowest BCUT2D eigenvalue weighted by Crippen LogP contribution is -2.36. The van der Waals surface area contributed by atoms with Crippen LogP contribution in [0.5, 0.6) is 0 Å². The Labute approximate surface area is 150 Å². The number of carbonyl (C=O) groups excluding carboxylic acids is 1. The first kappa shape index (κ1) is 17.6. The molecule has 1 atom stereocenters. The normalized spacial score (nSPS) is 17.2. The van der Waals surface area contributed by atoms with E-state index < -0.39 is 0 Å². The summed E-state index contributed by atoms with van der Waals surface area (Å²) < 4.78 is 0. The highest BCUT2D eigenvalue weighted by molar-refractivity contribution is 5.77. The Morgan fingerprint density at radius 3 is 2.40 bits per heavy atom. The van der Waals surface area contributed by atoms with Crippen LogP contribution < -0.4 is 5.32 Å². The summed E-state index contributed by atoms with van der Waals surface area (Å²) in [5.41, 5.74) is 2.17. The Balaban J connectivity index is 1.65. The van der Waals surface area contributed by atoms with Crippen LogP contribution in [0, 0.1) is 5.92 Å². The van der Waals surface area contributed by atoms with E-state index in [9.17, 15) is 4.79 Å². The number of benzene rings is 1. The molecule has 132 valence electrons. The summed E-state index contributed by atoms with van der Waals surface area (Å²) in [6, 6.07) is 14.0. The second-order valence-electron chi connectivity index (χ2n) is 6.77. The molecule has 1 aliphatic rings. The van der Waals surface area contributed by atoms with Crippen molar-refractivity contribution in [3.05, 3.63) is 66.0 Å². The van der Waals surface area contributed by atoms with Crippen LogP contribution in [-0.2, 0) is 4.79 Å². The number of amides is 1. The van der Waals surface area contributed by atoms with Gasteiger partial charge in [-0.1, -0.05) is 37.3 Å². The monoisotopic (exact) mass is 337 g/mol. The molecule has 2 aromatic rings. The second-order valence-corrected chi connectivity index (χ2v) is 6.77. The Kier molecular flexibility index (Phi) is 6.18. The maximum atomic E-state index is 12.7. The fourth-order valence-electron chi connectivity index (χ4n) is 3.55. The van der Waals surface area contributed by atoms with Gasteiger partial charge in [0.15, 0.2) is 0 Å². The lowest BCUT2D eigenvalue weighted by molar-refractivity contribution is -0.122. The van der Waals surface area contributed by atoms with Crippen molar-refractivity contribution in [2.45, 2.75) is 32.2 Å². The SMILES string of the molecule is CCN1CCC(CC(=O)N[C@@H](c2ccccc2)c2ccncc2)CC1. The number of aromatic nitrogens is 1. The van der Waals surface area contributed by atoms with Crippen LogP contribution in [0.1, 0.15) is 43.4 Å². The fourth-order valence-corrected chi connectivity index (χ4v) is 3.55. The molecule has 2 heterocycles. The van der Waals surface area contributed by atoms with Crippen LogP contribution in [0.15, 0.2) is 54.9 Å². The molecule has 0 bridgehead atoms. The Bertz CT molecular complexity index is 612. The molecule has 0 spiro atoms. The third-order valence-corrected chi connectivity index (χ3v) is 5.11. The van der Waals surface area contributed by atoms with Gasteiger partial charge in [-0.15, -0.1) is 0 Å². The molecule has 4 nitrogen and oxygen atoms in total. The van der Waals surface area contributed by atoms with Crippen molar-refractivity contribution in [1.29, 1.82) is 0 Å². The van der Waals surface area contributed by atoms with Gasteiger partial charge in [-0.3, -0.25) is 9.78 Å². The summed E-state index contributed by atoms with van der Waals surface area (Å²) >= 11 is 0. The first-order valence-corrected chi connectivity index (χ1v) is 9.23. The minimum atomic E-state index is -0.118. The van der Waals surface area contributed by atoms with E-state index in [-0.39, 0.29) is 11.9 Å². The zero-order valence-electron chi connectivity index (χ0n) is 14.9. The van der Waals surface area contributed by atoms with E-state index >= 15 is 0 Å². The van der Waals surface area contributed by atoms with Crippen LogP contribution in [0.25, 0.3) is 0 Å². The third-order valence-electron chi connectivity index (χ3n) is 5.11. The van der Waals surface area contributed by atoms with E-state index in [1.807, 2.05) is 30.3 Å². The van der Waals surface area contributed by atoms with Gasteiger partial charge in [-0.2, -0.15) is 0 Å². The summed E-state index contributed by atoms with van der Waals surface area (Å²) in [7, 11) is 0. The van der Waals surface area contributed by atoms with Gasteiger partial charge in [0.1, 0.15) is 0 Å². The van der Waals surface area contributed by atoms with Crippen molar-refractivity contribution in [2.75, 3.05) is 19.6 Å². The van der Waals surface area contributed by atoms with Gasteiger partial charge in [-0.05, 0) is 61.7 Å². The maximum Gasteiger partial charge on any atom is 0.221 e. The molecule has 1 amide bonds. The summed E-state index contributed by atoms with van der Waals surface area (Å²) in [6.07, 6.45) is 6.40. The molecular weight excluding hydrogens is 310 g/mol. The van der Waals surface area contributed by atoms with Crippen LogP contribution in [-0.4, -0.2) is 35.4 Å². The van der Waals surface area contributed by atoms with Gasteiger partial charge in [0.25, 0.3) is 0 Å². The van der Waals surface area contributed by atoms with E-state index in [0.717, 1.165) is 43.6 Å². The molecule has 1 aliphatic heterocycles. The standard InChI is InChI=1S/C21H27N3O/c1-2-24-14-10-17(11-15-24)16-20(25)23-21(18-6-4-3-5-7-18)19-8-12-22-13-9-19/h3-9,12-13,17,21H,2,10-11,14-16H2,1H3,(H,23,25)/t21-/m0/s1. The first-order valence-electron chi connectivity index (χ1n) is 9.23. The van der Waals surface area contributed by atoms with E-state index in [2.05, 4.69) is 34.3 Å². The Morgan fingerprint density at radius 2 is 1.76 bits per heavy atom. The number of rotatable bonds is 6. The van der Waals surface area contributed by atoms with Crippen LogP contribution in [0.4, 0.5) is 0 Å². The van der Waals surface area contributed by atoms with E-state index in [1.165, 1.54) is 0 Å². The number of hydrogen-bond donors (Lipinski definition) is 1. The zero-order valence-corrected chi connectivity index (χ0v) is 14.9. The van der Waals surface area contributed by atoms with Crippen molar-refractivity contribution in [1.82, 2.24) is 15.2 Å². The highest BCUT2D eigenvalue weighted by Gasteiger charge is 2.23. The van der Waals surface area contributed by atoms with Gasteiger partial charge in [0.05, 0.1) is 6.04 Å². The molecule has 0 radical (unpaired) electrons. The molecular formula is C21H27N3O. The predicted molar refractivity (Wildman–Crippen MR) is 100 cm³/mol. The topological polar surface area (TPSA) is 45.2 Å². The number of piperidine rings is 1.